The summed E-state index contributed by atoms with van der Waals surface area (Å²) in [6, 6.07) is 7.25. The molecule has 0 radical (unpaired) electrons. The number of hydrogen-bond acceptors (Lipinski definition) is 3. The Morgan fingerprint density at radius 3 is 2.90 bits per heavy atom. The van der Waals surface area contributed by atoms with Crippen molar-refractivity contribution in [3.05, 3.63) is 24.3 Å². The zero-order chi connectivity index (χ0) is 14.4. The van der Waals surface area contributed by atoms with Crippen molar-refractivity contribution in [1.29, 1.82) is 0 Å². The molecule has 1 fully saturated rings. The van der Waals surface area contributed by atoms with Crippen LogP contribution in [0.1, 0.15) is 39.0 Å². The highest BCUT2D eigenvalue weighted by atomic mass is 16.5. The third kappa shape index (κ3) is 4.44. The van der Waals surface area contributed by atoms with Gasteiger partial charge < -0.3 is 15.8 Å². The standard InChI is InChI=1S/C16H24N2O2/c1-2-7-16(8-9-16)12-18-15(19)6-10-20-14-5-3-4-13(17)11-14/h3-5,11H,2,6-10,12,17H2,1H3,(H,18,19). The van der Waals surface area contributed by atoms with Crippen LogP contribution in [0.2, 0.25) is 0 Å². The molecule has 0 bridgehead atoms. The molecule has 1 amide bonds. The van der Waals surface area contributed by atoms with Crippen LogP contribution in [-0.2, 0) is 4.79 Å². The van der Waals surface area contributed by atoms with Gasteiger partial charge in [-0.1, -0.05) is 19.4 Å². The monoisotopic (exact) mass is 276 g/mol. The molecule has 0 aromatic heterocycles. The Morgan fingerprint density at radius 1 is 1.45 bits per heavy atom. The van der Waals surface area contributed by atoms with Crippen molar-refractivity contribution in [1.82, 2.24) is 5.32 Å². The zero-order valence-corrected chi connectivity index (χ0v) is 12.2. The molecule has 2 rings (SSSR count). The molecule has 1 aliphatic carbocycles. The van der Waals surface area contributed by atoms with Crippen LogP contribution in [0, 0.1) is 5.41 Å². The number of rotatable bonds is 8. The zero-order valence-electron chi connectivity index (χ0n) is 12.2. The lowest BCUT2D eigenvalue weighted by molar-refractivity contribution is -0.121. The summed E-state index contributed by atoms with van der Waals surface area (Å²) in [5.74, 6) is 0.777. The van der Waals surface area contributed by atoms with Crippen molar-refractivity contribution < 1.29 is 9.53 Å². The van der Waals surface area contributed by atoms with Gasteiger partial charge in [-0.05, 0) is 36.8 Å². The van der Waals surface area contributed by atoms with Gasteiger partial charge in [0.15, 0.2) is 0 Å². The lowest BCUT2D eigenvalue weighted by Gasteiger charge is -2.15. The first-order chi connectivity index (χ1) is 9.63. The Labute approximate surface area is 120 Å². The fourth-order valence-corrected chi connectivity index (χ4v) is 2.46. The molecule has 110 valence electrons. The maximum atomic E-state index is 11.8. The fraction of sp³-hybridized carbons (Fsp3) is 0.562. The first kappa shape index (κ1) is 14.7. The first-order valence-corrected chi connectivity index (χ1v) is 7.39. The molecule has 3 N–H and O–H groups in total. The van der Waals surface area contributed by atoms with Crippen LogP contribution in [0.5, 0.6) is 5.75 Å². The van der Waals surface area contributed by atoms with Gasteiger partial charge in [-0.25, -0.2) is 0 Å². The van der Waals surface area contributed by atoms with Gasteiger partial charge >= 0.3 is 0 Å². The van der Waals surface area contributed by atoms with E-state index in [0.717, 1.165) is 6.54 Å². The summed E-state index contributed by atoms with van der Waals surface area (Å²) in [5, 5.41) is 3.02. The summed E-state index contributed by atoms with van der Waals surface area (Å²) < 4.78 is 5.51. The number of benzene rings is 1. The predicted octanol–water partition coefficient (Wildman–Crippen LogP) is 2.73. The predicted molar refractivity (Wildman–Crippen MR) is 80.6 cm³/mol. The second-order valence-electron chi connectivity index (χ2n) is 5.70. The lowest BCUT2D eigenvalue weighted by Crippen LogP contribution is -2.31. The fourth-order valence-electron chi connectivity index (χ4n) is 2.46. The van der Waals surface area contributed by atoms with Gasteiger partial charge in [0.25, 0.3) is 0 Å². The van der Waals surface area contributed by atoms with Crippen molar-refractivity contribution >= 4 is 11.6 Å². The van der Waals surface area contributed by atoms with Gasteiger partial charge in [0.1, 0.15) is 5.75 Å². The summed E-state index contributed by atoms with van der Waals surface area (Å²) in [7, 11) is 0. The van der Waals surface area contributed by atoms with E-state index in [1.807, 2.05) is 18.2 Å². The molecule has 20 heavy (non-hydrogen) atoms. The van der Waals surface area contributed by atoms with Crippen molar-refractivity contribution in [2.75, 3.05) is 18.9 Å². The van der Waals surface area contributed by atoms with E-state index in [1.165, 1.54) is 25.7 Å². The molecule has 0 heterocycles. The number of nitrogens with two attached hydrogens (primary N) is 1. The smallest absolute Gasteiger partial charge is 0.223 e. The molecule has 1 aliphatic rings. The molecule has 0 atom stereocenters. The number of ether oxygens (including phenoxy) is 1. The number of nitrogen functional groups attached to an aromatic ring is 1. The van der Waals surface area contributed by atoms with Gasteiger partial charge in [-0.15, -0.1) is 0 Å². The minimum Gasteiger partial charge on any atom is -0.493 e. The highest BCUT2D eigenvalue weighted by molar-refractivity contribution is 5.76. The SMILES string of the molecule is CCCC1(CNC(=O)CCOc2cccc(N)c2)CC1. The number of amides is 1. The molecule has 1 saturated carbocycles. The number of nitrogens with one attached hydrogen (secondary N) is 1. The quantitative estimate of drug-likeness (QED) is 0.718. The highest BCUT2D eigenvalue weighted by Gasteiger charge is 2.41. The van der Waals surface area contributed by atoms with Crippen LogP contribution in [0.3, 0.4) is 0 Å². The molecule has 0 unspecified atom stereocenters. The second kappa shape index (κ2) is 6.64. The number of carbonyl (C=O) groups excluding carboxylic acids is 1. The topological polar surface area (TPSA) is 64.3 Å². The number of anilines is 1. The van der Waals surface area contributed by atoms with Crippen LogP contribution >= 0.6 is 0 Å². The Balaban J connectivity index is 1.63. The molecule has 4 heteroatoms. The van der Waals surface area contributed by atoms with Gasteiger partial charge in [0.05, 0.1) is 13.0 Å². The lowest BCUT2D eigenvalue weighted by atomic mass is 10.0. The molecule has 0 aliphatic heterocycles. The van der Waals surface area contributed by atoms with Crippen LogP contribution in [0.15, 0.2) is 24.3 Å². The van der Waals surface area contributed by atoms with E-state index in [2.05, 4.69) is 12.2 Å². The molecular formula is C16H24N2O2. The van der Waals surface area contributed by atoms with Gasteiger partial charge in [-0.2, -0.15) is 0 Å². The van der Waals surface area contributed by atoms with Gasteiger partial charge in [-0.3, -0.25) is 4.79 Å². The van der Waals surface area contributed by atoms with Crippen LogP contribution in [-0.4, -0.2) is 19.1 Å². The van der Waals surface area contributed by atoms with Crippen molar-refractivity contribution in [3.63, 3.8) is 0 Å². The van der Waals surface area contributed by atoms with E-state index in [0.29, 0.717) is 29.9 Å². The van der Waals surface area contributed by atoms with Crippen LogP contribution in [0.25, 0.3) is 0 Å². The second-order valence-corrected chi connectivity index (χ2v) is 5.70. The largest absolute Gasteiger partial charge is 0.493 e. The molecule has 4 nitrogen and oxygen atoms in total. The molecule has 0 saturated heterocycles. The van der Waals surface area contributed by atoms with Crippen molar-refractivity contribution in [2.45, 2.75) is 39.0 Å². The minimum atomic E-state index is 0.0660. The normalized spacial score (nSPS) is 15.7. The Bertz CT molecular complexity index is 456. The van der Waals surface area contributed by atoms with Crippen molar-refractivity contribution in [3.8, 4) is 5.75 Å². The summed E-state index contributed by atoms with van der Waals surface area (Å²) in [6.45, 7) is 3.40. The summed E-state index contributed by atoms with van der Waals surface area (Å²) in [5.41, 5.74) is 6.73. The average Bonchev–Trinajstić information content (AvgIpc) is 3.17. The number of carbonyl (C=O) groups is 1. The Hall–Kier alpha value is -1.71. The third-order valence-electron chi connectivity index (χ3n) is 3.85. The molecule has 1 aromatic carbocycles. The molecular weight excluding hydrogens is 252 g/mol. The first-order valence-electron chi connectivity index (χ1n) is 7.39. The molecule has 0 spiro atoms. The molecule has 1 aromatic rings. The summed E-state index contributed by atoms with van der Waals surface area (Å²) in [4.78, 5) is 11.8. The maximum Gasteiger partial charge on any atom is 0.223 e. The van der Waals surface area contributed by atoms with E-state index in [9.17, 15) is 4.79 Å². The summed E-state index contributed by atoms with van der Waals surface area (Å²) in [6.07, 6.45) is 5.29. The maximum absolute atomic E-state index is 11.8. The van der Waals surface area contributed by atoms with E-state index in [1.54, 1.807) is 6.07 Å². The van der Waals surface area contributed by atoms with E-state index in [-0.39, 0.29) is 5.91 Å². The van der Waals surface area contributed by atoms with Crippen molar-refractivity contribution in [2.24, 2.45) is 5.41 Å². The van der Waals surface area contributed by atoms with E-state index >= 15 is 0 Å². The Kier molecular flexibility index (Phi) is 4.88. The Morgan fingerprint density at radius 2 is 2.25 bits per heavy atom. The van der Waals surface area contributed by atoms with Gasteiger partial charge in [0.2, 0.25) is 5.91 Å². The van der Waals surface area contributed by atoms with Gasteiger partial charge in [0, 0.05) is 18.3 Å². The minimum absolute atomic E-state index is 0.0660. The number of hydrogen-bond donors (Lipinski definition) is 2. The highest BCUT2D eigenvalue weighted by Crippen LogP contribution is 2.48. The van der Waals surface area contributed by atoms with Crippen LogP contribution in [0.4, 0.5) is 5.69 Å². The van der Waals surface area contributed by atoms with E-state index in [4.69, 9.17) is 10.5 Å². The third-order valence-corrected chi connectivity index (χ3v) is 3.85. The van der Waals surface area contributed by atoms with E-state index < -0.39 is 0 Å². The summed E-state index contributed by atoms with van der Waals surface area (Å²) >= 11 is 0. The van der Waals surface area contributed by atoms with Crippen LogP contribution < -0.4 is 15.8 Å². The average molecular weight is 276 g/mol.